The summed E-state index contributed by atoms with van der Waals surface area (Å²) in [6, 6.07) is 11.5. The number of fused-ring (bicyclic) bond motifs is 2. The Hall–Kier alpha value is -3.02. The average molecular weight is 352 g/mol. The summed E-state index contributed by atoms with van der Waals surface area (Å²) in [7, 11) is 0. The molecule has 4 rings (SSSR count). The molecule has 0 spiro atoms. The molecule has 0 bridgehead atoms. The van der Waals surface area contributed by atoms with Crippen LogP contribution in [0.3, 0.4) is 0 Å². The van der Waals surface area contributed by atoms with Gasteiger partial charge in [-0.1, -0.05) is 18.2 Å². The number of aryl methyl sites for hydroxylation is 1. The van der Waals surface area contributed by atoms with E-state index in [0.29, 0.717) is 25.1 Å². The molecule has 2 heterocycles. The van der Waals surface area contributed by atoms with Gasteiger partial charge in [0.05, 0.1) is 11.4 Å². The van der Waals surface area contributed by atoms with Crippen LogP contribution in [0.4, 0.5) is 11.4 Å². The highest BCUT2D eigenvalue weighted by Gasteiger charge is 2.25. The number of anilines is 2. The van der Waals surface area contributed by atoms with Crippen molar-refractivity contribution in [3.05, 3.63) is 47.5 Å². The summed E-state index contributed by atoms with van der Waals surface area (Å²) in [5.74, 6) is 1.38. The number of nitrogens with one attached hydrogen (secondary N) is 1. The Bertz CT molecular complexity index is 878. The summed E-state index contributed by atoms with van der Waals surface area (Å²) in [6.07, 6.45) is 1.77. The molecule has 0 radical (unpaired) electrons. The van der Waals surface area contributed by atoms with E-state index >= 15 is 0 Å². The Balaban J connectivity index is 1.43. The largest absolute Gasteiger partial charge is 0.454 e. The number of carbonyl (C=O) groups excluding carboxylic acids is 2. The van der Waals surface area contributed by atoms with Gasteiger partial charge in [0, 0.05) is 19.9 Å². The van der Waals surface area contributed by atoms with Crippen molar-refractivity contribution in [2.75, 3.05) is 23.6 Å². The Kier molecular flexibility index (Phi) is 4.24. The zero-order valence-corrected chi connectivity index (χ0v) is 14.6. The number of carbonyl (C=O) groups is 2. The molecule has 26 heavy (non-hydrogen) atoms. The number of rotatable bonds is 4. The van der Waals surface area contributed by atoms with Gasteiger partial charge in [-0.05, 0) is 42.2 Å². The van der Waals surface area contributed by atoms with E-state index in [4.69, 9.17) is 9.47 Å². The quantitative estimate of drug-likeness (QED) is 0.919. The molecule has 2 aromatic rings. The third kappa shape index (κ3) is 3.10. The van der Waals surface area contributed by atoms with Crippen LogP contribution in [0.15, 0.2) is 36.4 Å². The van der Waals surface area contributed by atoms with E-state index in [9.17, 15) is 9.59 Å². The van der Waals surface area contributed by atoms with Crippen LogP contribution < -0.4 is 19.7 Å². The van der Waals surface area contributed by atoms with Gasteiger partial charge in [0.2, 0.25) is 18.6 Å². The Morgan fingerprint density at radius 1 is 1.15 bits per heavy atom. The maximum atomic E-state index is 12.4. The van der Waals surface area contributed by atoms with Gasteiger partial charge in [0.1, 0.15) is 0 Å². The summed E-state index contributed by atoms with van der Waals surface area (Å²) >= 11 is 0. The Labute approximate surface area is 151 Å². The molecule has 6 nitrogen and oxygen atoms in total. The van der Waals surface area contributed by atoms with Crippen molar-refractivity contribution in [1.29, 1.82) is 0 Å². The first-order valence-electron chi connectivity index (χ1n) is 8.70. The summed E-state index contributed by atoms with van der Waals surface area (Å²) in [5.41, 5.74) is 3.64. The van der Waals surface area contributed by atoms with Gasteiger partial charge in [0.25, 0.3) is 0 Å². The number of ether oxygens (including phenoxy) is 2. The van der Waals surface area contributed by atoms with Crippen LogP contribution >= 0.6 is 0 Å². The van der Waals surface area contributed by atoms with Crippen molar-refractivity contribution in [2.24, 2.45) is 0 Å². The van der Waals surface area contributed by atoms with Gasteiger partial charge in [-0.3, -0.25) is 9.59 Å². The highest BCUT2D eigenvalue weighted by Crippen LogP contribution is 2.36. The van der Waals surface area contributed by atoms with E-state index in [1.165, 1.54) is 0 Å². The minimum atomic E-state index is -0.0773. The minimum absolute atomic E-state index is 0.00851. The molecular weight excluding hydrogens is 332 g/mol. The smallest absolute Gasteiger partial charge is 0.231 e. The van der Waals surface area contributed by atoms with Gasteiger partial charge in [0.15, 0.2) is 11.5 Å². The lowest BCUT2D eigenvalue weighted by atomic mass is 10.1. The molecule has 0 atom stereocenters. The van der Waals surface area contributed by atoms with Crippen LogP contribution in [0.5, 0.6) is 11.5 Å². The molecular formula is C20H20N2O4. The van der Waals surface area contributed by atoms with Crippen LogP contribution in [-0.2, 0) is 22.4 Å². The van der Waals surface area contributed by atoms with E-state index in [1.54, 1.807) is 11.8 Å². The van der Waals surface area contributed by atoms with Crippen molar-refractivity contribution in [1.82, 2.24) is 0 Å². The SMILES string of the molecule is CC(=O)N1CCc2cccc(NC(=O)CCc3ccc4c(c3)OCO4)c21. The molecule has 2 aliphatic rings. The van der Waals surface area contributed by atoms with Crippen LogP contribution in [0.25, 0.3) is 0 Å². The lowest BCUT2D eigenvalue weighted by Gasteiger charge is -2.19. The van der Waals surface area contributed by atoms with E-state index in [2.05, 4.69) is 5.32 Å². The molecule has 0 fully saturated rings. The first-order valence-corrected chi connectivity index (χ1v) is 8.70. The second-order valence-corrected chi connectivity index (χ2v) is 6.47. The number of nitrogens with zero attached hydrogens (tertiary/aromatic N) is 1. The predicted molar refractivity (Wildman–Crippen MR) is 97.7 cm³/mol. The predicted octanol–water partition coefficient (Wildman–Crippen LogP) is 2.90. The molecule has 0 aliphatic carbocycles. The highest BCUT2D eigenvalue weighted by atomic mass is 16.7. The van der Waals surface area contributed by atoms with Gasteiger partial charge in [-0.25, -0.2) is 0 Å². The van der Waals surface area contributed by atoms with Gasteiger partial charge >= 0.3 is 0 Å². The number of benzene rings is 2. The number of hydrogen-bond acceptors (Lipinski definition) is 4. The van der Waals surface area contributed by atoms with E-state index < -0.39 is 0 Å². The zero-order valence-electron chi connectivity index (χ0n) is 14.6. The summed E-state index contributed by atoms with van der Waals surface area (Å²) < 4.78 is 10.7. The van der Waals surface area contributed by atoms with Crippen molar-refractivity contribution in [3.8, 4) is 11.5 Å². The zero-order chi connectivity index (χ0) is 18.1. The van der Waals surface area contributed by atoms with Gasteiger partial charge < -0.3 is 19.7 Å². The van der Waals surface area contributed by atoms with Crippen molar-refractivity contribution in [3.63, 3.8) is 0 Å². The number of hydrogen-bond donors (Lipinski definition) is 1. The maximum absolute atomic E-state index is 12.4. The lowest BCUT2D eigenvalue weighted by molar-refractivity contribution is -0.117. The van der Waals surface area contributed by atoms with Crippen LogP contribution in [0, 0.1) is 0 Å². The molecule has 6 heteroatoms. The molecule has 0 saturated heterocycles. The fourth-order valence-corrected chi connectivity index (χ4v) is 3.44. The minimum Gasteiger partial charge on any atom is -0.454 e. The molecule has 134 valence electrons. The Morgan fingerprint density at radius 3 is 2.85 bits per heavy atom. The molecule has 2 aliphatic heterocycles. The van der Waals surface area contributed by atoms with Crippen LogP contribution in [0.2, 0.25) is 0 Å². The third-order valence-corrected chi connectivity index (χ3v) is 4.73. The van der Waals surface area contributed by atoms with Crippen molar-refractivity contribution < 1.29 is 19.1 Å². The molecule has 0 saturated carbocycles. The molecule has 2 amide bonds. The maximum Gasteiger partial charge on any atom is 0.231 e. The normalized spacial score (nSPS) is 14.3. The number of amides is 2. The summed E-state index contributed by atoms with van der Waals surface area (Å²) in [5, 5.41) is 2.96. The number of para-hydroxylation sites is 1. The van der Waals surface area contributed by atoms with Crippen molar-refractivity contribution >= 4 is 23.2 Å². The topological polar surface area (TPSA) is 67.9 Å². The monoisotopic (exact) mass is 352 g/mol. The molecule has 0 aromatic heterocycles. The summed E-state index contributed by atoms with van der Waals surface area (Å²) in [4.78, 5) is 26.0. The molecule has 2 aromatic carbocycles. The average Bonchev–Trinajstić information content (AvgIpc) is 3.26. The first-order chi connectivity index (χ1) is 12.6. The second kappa shape index (κ2) is 6.71. The fourth-order valence-electron chi connectivity index (χ4n) is 3.44. The fraction of sp³-hybridized carbons (Fsp3) is 0.300. The van der Waals surface area contributed by atoms with E-state index in [1.807, 2.05) is 36.4 Å². The van der Waals surface area contributed by atoms with Crippen molar-refractivity contribution in [2.45, 2.75) is 26.2 Å². The highest BCUT2D eigenvalue weighted by molar-refractivity contribution is 6.02. The Morgan fingerprint density at radius 2 is 2.00 bits per heavy atom. The van der Waals surface area contributed by atoms with Gasteiger partial charge in [-0.15, -0.1) is 0 Å². The van der Waals surface area contributed by atoms with Crippen LogP contribution in [-0.4, -0.2) is 25.2 Å². The standard InChI is InChI=1S/C20H20N2O4/c1-13(23)22-10-9-15-3-2-4-16(20(15)22)21-19(24)8-6-14-5-7-17-18(11-14)26-12-25-17/h2-5,7,11H,6,8-10,12H2,1H3,(H,21,24). The summed E-state index contributed by atoms with van der Waals surface area (Å²) in [6.45, 7) is 2.45. The van der Waals surface area contributed by atoms with Crippen LogP contribution in [0.1, 0.15) is 24.5 Å². The third-order valence-electron chi connectivity index (χ3n) is 4.73. The first kappa shape index (κ1) is 16.4. The van der Waals surface area contributed by atoms with Gasteiger partial charge in [-0.2, -0.15) is 0 Å². The lowest BCUT2D eigenvalue weighted by Crippen LogP contribution is -2.27. The second-order valence-electron chi connectivity index (χ2n) is 6.47. The van der Waals surface area contributed by atoms with E-state index in [-0.39, 0.29) is 18.6 Å². The molecule has 1 N–H and O–H groups in total. The van der Waals surface area contributed by atoms with E-state index in [0.717, 1.165) is 34.7 Å². The molecule has 0 unspecified atom stereocenters.